The van der Waals surface area contributed by atoms with Gasteiger partial charge < -0.3 is 5.32 Å². The van der Waals surface area contributed by atoms with E-state index in [1.807, 2.05) is 4.68 Å². The van der Waals surface area contributed by atoms with Crippen LogP contribution in [0, 0.1) is 0 Å². The van der Waals surface area contributed by atoms with Gasteiger partial charge in [-0.1, -0.05) is 6.92 Å². The number of H-pyrrole nitrogens is 1. The molecule has 0 amide bonds. The van der Waals surface area contributed by atoms with Crippen molar-refractivity contribution in [2.75, 3.05) is 6.54 Å². The smallest absolute Gasteiger partial charge is 0.267 e. The molecule has 4 heteroatoms. The fraction of sp³-hybridized carbons (Fsp3) is 0.700. The van der Waals surface area contributed by atoms with Crippen LogP contribution in [0.25, 0.3) is 0 Å². The van der Waals surface area contributed by atoms with Crippen molar-refractivity contribution in [3.05, 3.63) is 21.6 Å². The van der Waals surface area contributed by atoms with Crippen molar-refractivity contribution < 1.29 is 0 Å². The van der Waals surface area contributed by atoms with Crippen LogP contribution in [0.2, 0.25) is 0 Å². The molecule has 0 fully saturated rings. The maximum Gasteiger partial charge on any atom is 0.267 e. The van der Waals surface area contributed by atoms with Gasteiger partial charge in [0.05, 0.1) is 5.69 Å². The minimum absolute atomic E-state index is 0.0858. The number of nitrogens with zero attached hydrogens (tertiary/aromatic N) is 1. The Morgan fingerprint density at radius 1 is 1.50 bits per heavy atom. The summed E-state index contributed by atoms with van der Waals surface area (Å²) in [5.41, 5.74) is 2.18. The molecular weight excluding hydrogens is 178 g/mol. The van der Waals surface area contributed by atoms with E-state index in [0.717, 1.165) is 24.3 Å². The second-order valence-electron chi connectivity index (χ2n) is 4.30. The first-order valence-electron chi connectivity index (χ1n) is 5.15. The van der Waals surface area contributed by atoms with Crippen LogP contribution in [0.15, 0.2) is 4.79 Å². The monoisotopic (exact) mass is 195 g/mol. The maximum atomic E-state index is 11.7. The van der Waals surface area contributed by atoms with Crippen molar-refractivity contribution in [1.82, 2.24) is 15.1 Å². The zero-order valence-electron chi connectivity index (χ0n) is 8.92. The van der Waals surface area contributed by atoms with Crippen LogP contribution in [0.3, 0.4) is 0 Å². The number of fused-ring (bicyclic) bond motifs is 1. The fourth-order valence-corrected chi connectivity index (χ4v) is 2.14. The van der Waals surface area contributed by atoms with E-state index in [1.54, 1.807) is 0 Å². The lowest BCUT2D eigenvalue weighted by Gasteiger charge is -2.21. The van der Waals surface area contributed by atoms with E-state index >= 15 is 0 Å². The second kappa shape index (κ2) is 3.28. The van der Waals surface area contributed by atoms with E-state index in [4.69, 9.17) is 0 Å². The van der Waals surface area contributed by atoms with E-state index in [0.29, 0.717) is 12.0 Å². The molecule has 0 saturated carbocycles. The third-order valence-electron chi connectivity index (χ3n) is 2.82. The maximum absolute atomic E-state index is 11.7. The van der Waals surface area contributed by atoms with Crippen LogP contribution in [-0.4, -0.2) is 16.3 Å². The summed E-state index contributed by atoms with van der Waals surface area (Å²) in [7, 11) is 0. The molecule has 0 unspecified atom stereocenters. The van der Waals surface area contributed by atoms with E-state index < -0.39 is 0 Å². The molecule has 0 aromatic carbocycles. The molecule has 1 aliphatic rings. The van der Waals surface area contributed by atoms with Gasteiger partial charge in [0.25, 0.3) is 5.56 Å². The summed E-state index contributed by atoms with van der Waals surface area (Å²) in [4.78, 5) is 11.7. The van der Waals surface area contributed by atoms with Crippen LogP contribution in [-0.2, 0) is 6.54 Å². The zero-order valence-corrected chi connectivity index (χ0v) is 8.92. The molecule has 1 aliphatic heterocycles. The van der Waals surface area contributed by atoms with Crippen molar-refractivity contribution in [3.8, 4) is 0 Å². The van der Waals surface area contributed by atoms with Crippen LogP contribution >= 0.6 is 0 Å². The molecule has 1 atom stereocenters. The quantitative estimate of drug-likeness (QED) is 0.701. The van der Waals surface area contributed by atoms with E-state index in [-0.39, 0.29) is 5.56 Å². The number of hydrogen-bond donors (Lipinski definition) is 2. The van der Waals surface area contributed by atoms with E-state index in [2.05, 4.69) is 31.2 Å². The average Bonchev–Trinajstić information content (AvgIpc) is 2.45. The minimum Gasteiger partial charge on any atom is -0.311 e. The van der Waals surface area contributed by atoms with Gasteiger partial charge in [-0.3, -0.25) is 14.6 Å². The molecule has 1 aromatic rings. The second-order valence-corrected chi connectivity index (χ2v) is 4.30. The summed E-state index contributed by atoms with van der Waals surface area (Å²) >= 11 is 0. The molecule has 2 N–H and O–H groups in total. The Morgan fingerprint density at radius 3 is 2.86 bits per heavy atom. The van der Waals surface area contributed by atoms with Gasteiger partial charge in [-0.05, 0) is 13.8 Å². The van der Waals surface area contributed by atoms with Crippen molar-refractivity contribution in [1.29, 1.82) is 0 Å². The van der Waals surface area contributed by atoms with Gasteiger partial charge in [0.2, 0.25) is 0 Å². The molecule has 14 heavy (non-hydrogen) atoms. The van der Waals surface area contributed by atoms with Crippen LogP contribution in [0.4, 0.5) is 0 Å². The van der Waals surface area contributed by atoms with Gasteiger partial charge >= 0.3 is 0 Å². The Morgan fingerprint density at radius 2 is 2.21 bits per heavy atom. The molecule has 2 heterocycles. The highest BCUT2D eigenvalue weighted by atomic mass is 16.1. The summed E-state index contributed by atoms with van der Waals surface area (Å²) in [5.74, 6) is 0.322. The molecule has 0 bridgehead atoms. The lowest BCUT2D eigenvalue weighted by Crippen LogP contribution is -2.30. The highest BCUT2D eigenvalue weighted by molar-refractivity contribution is 5.25. The number of rotatable bonds is 1. The van der Waals surface area contributed by atoms with E-state index in [1.165, 1.54) is 0 Å². The van der Waals surface area contributed by atoms with Gasteiger partial charge in [-0.25, -0.2) is 0 Å². The van der Waals surface area contributed by atoms with Crippen LogP contribution in [0.1, 0.15) is 44.0 Å². The Balaban J connectivity index is 2.58. The average molecular weight is 195 g/mol. The lowest BCUT2D eigenvalue weighted by atomic mass is 9.98. The Labute approximate surface area is 83.3 Å². The minimum atomic E-state index is 0.0858. The summed E-state index contributed by atoms with van der Waals surface area (Å²) in [5, 5.41) is 6.23. The highest BCUT2D eigenvalue weighted by Gasteiger charge is 2.24. The Hall–Kier alpha value is -1.03. The van der Waals surface area contributed by atoms with Gasteiger partial charge in [0, 0.05) is 30.6 Å². The molecule has 0 aliphatic carbocycles. The topological polar surface area (TPSA) is 49.8 Å². The molecule has 2 rings (SSSR count). The highest BCUT2D eigenvalue weighted by Crippen LogP contribution is 2.21. The van der Waals surface area contributed by atoms with Gasteiger partial charge in [0.15, 0.2) is 0 Å². The molecule has 0 saturated heterocycles. The molecular formula is C10H17N3O. The summed E-state index contributed by atoms with van der Waals surface area (Å²) in [6.07, 6.45) is 0. The summed E-state index contributed by atoms with van der Waals surface area (Å²) in [6.45, 7) is 7.95. The van der Waals surface area contributed by atoms with Gasteiger partial charge in [-0.15, -0.1) is 0 Å². The van der Waals surface area contributed by atoms with Crippen molar-refractivity contribution >= 4 is 0 Å². The molecule has 1 aromatic heterocycles. The van der Waals surface area contributed by atoms with Crippen LogP contribution in [0.5, 0.6) is 0 Å². The predicted octanol–water partition coefficient (Wildman–Crippen LogP) is 0.964. The molecule has 4 nitrogen and oxygen atoms in total. The Bertz CT molecular complexity index is 389. The standard InChI is InChI=1S/C10H17N3O/c1-6(2)13-8-5-11-4-7(3)9(8)10(14)12-13/h6-7,11H,4-5H2,1-3H3,(H,12,14)/t7-/m1/s1. The Kier molecular flexibility index (Phi) is 2.23. The lowest BCUT2D eigenvalue weighted by molar-refractivity contribution is 0.473. The number of aromatic nitrogens is 2. The number of hydrogen-bond acceptors (Lipinski definition) is 2. The van der Waals surface area contributed by atoms with Gasteiger partial charge in [-0.2, -0.15) is 0 Å². The SMILES string of the molecule is CC(C)n1[nH]c(=O)c2c1CNC[C@H]2C. The van der Waals surface area contributed by atoms with Crippen molar-refractivity contribution in [3.63, 3.8) is 0 Å². The van der Waals surface area contributed by atoms with E-state index in [9.17, 15) is 4.79 Å². The zero-order chi connectivity index (χ0) is 10.3. The third-order valence-corrected chi connectivity index (χ3v) is 2.82. The largest absolute Gasteiger partial charge is 0.311 e. The fourth-order valence-electron chi connectivity index (χ4n) is 2.14. The molecule has 78 valence electrons. The van der Waals surface area contributed by atoms with Crippen LogP contribution < -0.4 is 10.9 Å². The normalized spacial score (nSPS) is 21.3. The number of aromatic amines is 1. The number of nitrogens with one attached hydrogen (secondary N) is 2. The first-order chi connectivity index (χ1) is 6.61. The summed E-state index contributed by atoms with van der Waals surface area (Å²) < 4.78 is 1.97. The van der Waals surface area contributed by atoms with Gasteiger partial charge in [0.1, 0.15) is 0 Å². The van der Waals surface area contributed by atoms with Crippen molar-refractivity contribution in [2.24, 2.45) is 0 Å². The molecule has 0 radical (unpaired) electrons. The molecule has 0 spiro atoms. The van der Waals surface area contributed by atoms with Crippen molar-refractivity contribution in [2.45, 2.75) is 39.3 Å². The predicted molar refractivity (Wildman–Crippen MR) is 55.6 cm³/mol. The first-order valence-corrected chi connectivity index (χ1v) is 5.15. The first kappa shape index (κ1) is 9.52. The third kappa shape index (κ3) is 1.30. The summed E-state index contributed by atoms with van der Waals surface area (Å²) in [6, 6.07) is 0.318.